The fourth-order valence-electron chi connectivity index (χ4n) is 0.897. The smallest absolute Gasteiger partial charge is 0.136 e. The third-order valence-corrected chi connectivity index (χ3v) is 3.06. The Morgan fingerprint density at radius 1 is 1.42 bits per heavy atom. The predicted molar refractivity (Wildman–Crippen MR) is 54.6 cm³/mol. The highest BCUT2D eigenvalue weighted by Gasteiger charge is 2.01. The van der Waals surface area contributed by atoms with Crippen LogP contribution in [0, 0.1) is 5.82 Å². The first-order valence-electron chi connectivity index (χ1n) is 3.74. The van der Waals surface area contributed by atoms with Crippen molar-refractivity contribution in [3.63, 3.8) is 0 Å². The standard InChI is InChI=1S/C9H11FS2/c1-3-12-7-4-5-8(10)9(6-7)11-2/h4-6H,3H2,1-2H3. The fraction of sp³-hybridized carbons (Fsp3) is 0.333. The van der Waals surface area contributed by atoms with Gasteiger partial charge in [-0.15, -0.1) is 23.5 Å². The van der Waals surface area contributed by atoms with Crippen molar-refractivity contribution in [2.24, 2.45) is 0 Å². The number of thioether (sulfide) groups is 2. The highest BCUT2D eigenvalue weighted by atomic mass is 32.2. The quantitative estimate of drug-likeness (QED) is 0.686. The molecule has 0 saturated carbocycles. The van der Waals surface area contributed by atoms with E-state index in [4.69, 9.17) is 0 Å². The van der Waals surface area contributed by atoms with Crippen molar-refractivity contribution in [3.8, 4) is 0 Å². The van der Waals surface area contributed by atoms with Crippen molar-refractivity contribution in [2.75, 3.05) is 12.0 Å². The molecule has 0 amide bonds. The van der Waals surface area contributed by atoms with E-state index >= 15 is 0 Å². The summed E-state index contributed by atoms with van der Waals surface area (Å²) in [5.41, 5.74) is 0. The molecule has 0 aliphatic rings. The molecule has 12 heavy (non-hydrogen) atoms. The van der Waals surface area contributed by atoms with E-state index in [1.54, 1.807) is 11.8 Å². The van der Waals surface area contributed by atoms with Crippen LogP contribution in [0.2, 0.25) is 0 Å². The molecule has 0 bridgehead atoms. The third-order valence-electron chi connectivity index (χ3n) is 1.43. The Hall–Kier alpha value is -0.150. The van der Waals surface area contributed by atoms with Crippen molar-refractivity contribution in [2.45, 2.75) is 16.7 Å². The van der Waals surface area contributed by atoms with E-state index in [9.17, 15) is 4.39 Å². The van der Waals surface area contributed by atoms with Crippen LogP contribution in [-0.4, -0.2) is 12.0 Å². The van der Waals surface area contributed by atoms with Gasteiger partial charge in [-0.3, -0.25) is 0 Å². The summed E-state index contributed by atoms with van der Waals surface area (Å²) in [5, 5.41) is 0. The summed E-state index contributed by atoms with van der Waals surface area (Å²) in [5.74, 6) is 0.905. The van der Waals surface area contributed by atoms with Crippen LogP contribution in [0.3, 0.4) is 0 Å². The molecule has 3 heteroatoms. The summed E-state index contributed by atoms with van der Waals surface area (Å²) < 4.78 is 13.0. The zero-order valence-corrected chi connectivity index (χ0v) is 8.77. The molecule has 0 aromatic heterocycles. The summed E-state index contributed by atoms with van der Waals surface area (Å²) in [7, 11) is 0. The molecule has 0 aliphatic carbocycles. The lowest BCUT2D eigenvalue weighted by Gasteiger charge is -2.02. The lowest BCUT2D eigenvalue weighted by atomic mass is 10.3. The van der Waals surface area contributed by atoms with E-state index in [-0.39, 0.29) is 5.82 Å². The van der Waals surface area contributed by atoms with Crippen LogP contribution in [0.1, 0.15) is 6.92 Å². The van der Waals surface area contributed by atoms with Crippen molar-refractivity contribution >= 4 is 23.5 Å². The SMILES string of the molecule is CCSc1ccc(F)c(SC)c1. The summed E-state index contributed by atoms with van der Waals surface area (Å²) in [6.45, 7) is 2.09. The van der Waals surface area contributed by atoms with Gasteiger partial charge in [0.2, 0.25) is 0 Å². The number of rotatable bonds is 3. The monoisotopic (exact) mass is 202 g/mol. The minimum atomic E-state index is -0.122. The second kappa shape index (κ2) is 4.77. The van der Waals surface area contributed by atoms with Gasteiger partial charge in [-0.1, -0.05) is 6.92 Å². The summed E-state index contributed by atoms with van der Waals surface area (Å²) in [6, 6.07) is 5.25. The van der Waals surface area contributed by atoms with Gasteiger partial charge in [0.05, 0.1) is 0 Å². The zero-order valence-electron chi connectivity index (χ0n) is 7.13. The molecule has 0 unspecified atom stereocenters. The Bertz CT molecular complexity index is 261. The Kier molecular flexibility index (Phi) is 3.95. The molecule has 0 atom stereocenters. The van der Waals surface area contributed by atoms with Crippen LogP contribution in [-0.2, 0) is 0 Å². The molecule has 1 aromatic rings. The Morgan fingerprint density at radius 3 is 2.75 bits per heavy atom. The van der Waals surface area contributed by atoms with Crippen LogP contribution in [0.15, 0.2) is 28.0 Å². The van der Waals surface area contributed by atoms with Crippen LogP contribution < -0.4 is 0 Å². The van der Waals surface area contributed by atoms with Gasteiger partial charge in [-0.2, -0.15) is 0 Å². The highest BCUT2D eigenvalue weighted by molar-refractivity contribution is 7.99. The Balaban J connectivity index is 2.89. The van der Waals surface area contributed by atoms with Crippen molar-refractivity contribution in [1.82, 2.24) is 0 Å². The molecular formula is C9H11FS2. The van der Waals surface area contributed by atoms with Gasteiger partial charge in [-0.05, 0) is 30.2 Å². The molecule has 0 spiro atoms. The molecule has 0 nitrogen and oxygen atoms in total. The second-order valence-corrected chi connectivity index (χ2v) is 4.41. The fourth-order valence-corrected chi connectivity index (χ4v) is 2.18. The average Bonchev–Trinajstić information content (AvgIpc) is 2.09. The minimum Gasteiger partial charge on any atom is -0.206 e. The highest BCUT2D eigenvalue weighted by Crippen LogP contribution is 2.25. The molecule has 0 N–H and O–H groups in total. The maximum Gasteiger partial charge on any atom is 0.136 e. The largest absolute Gasteiger partial charge is 0.206 e. The van der Waals surface area contributed by atoms with Crippen molar-refractivity contribution < 1.29 is 4.39 Å². The number of hydrogen-bond donors (Lipinski definition) is 0. The van der Waals surface area contributed by atoms with Gasteiger partial charge in [-0.25, -0.2) is 4.39 Å². The Labute approximate surface area is 80.9 Å². The van der Waals surface area contributed by atoms with E-state index in [2.05, 4.69) is 6.92 Å². The van der Waals surface area contributed by atoms with Crippen molar-refractivity contribution in [3.05, 3.63) is 24.0 Å². The average molecular weight is 202 g/mol. The summed E-state index contributed by atoms with van der Waals surface area (Å²) in [4.78, 5) is 1.87. The summed E-state index contributed by atoms with van der Waals surface area (Å²) in [6.07, 6.45) is 1.89. The van der Waals surface area contributed by atoms with E-state index in [1.165, 1.54) is 17.8 Å². The first kappa shape index (κ1) is 9.93. The van der Waals surface area contributed by atoms with Crippen molar-refractivity contribution in [1.29, 1.82) is 0 Å². The number of halogens is 1. The lowest BCUT2D eigenvalue weighted by molar-refractivity contribution is 0.600. The third kappa shape index (κ3) is 2.42. The first-order chi connectivity index (χ1) is 5.77. The lowest BCUT2D eigenvalue weighted by Crippen LogP contribution is -1.81. The predicted octanol–water partition coefficient (Wildman–Crippen LogP) is 3.66. The maximum absolute atomic E-state index is 13.0. The Morgan fingerprint density at radius 2 is 2.17 bits per heavy atom. The molecule has 66 valence electrons. The zero-order chi connectivity index (χ0) is 8.97. The molecular weight excluding hydrogens is 191 g/mol. The van der Waals surface area contributed by atoms with E-state index < -0.39 is 0 Å². The second-order valence-electron chi connectivity index (χ2n) is 2.23. The van der Waals surface area contributed by atoms with Crippen LogP contribution >= 0.6 is 23.5 Å². The molecule has 0 radical (unpaired) electrons. The van der Waals surface area contributed by atoms with Gasteiger partial charge in [0.15, 0.2) is 0 Å². The molecule has 0 fully saturated rings. The van der Waals surface area contributed by atoms with Gasteiger partial charge in [0, 0.05) is 9.79 Å². The van der Waals surface area contributed by atoms with Crippen LogP contribution in [0.4, 0.5) is 4.39 Å². The summed E-state index contributed by atoms with van der Waals surface area (Å²) >= 11 is 3.18. The molecule has 0 saturated heterocycles. The molecule has 1 aromatic carbocycles. The first-order valence-corrected chi connectivity index (χ1v) is 5.95. The van der Waals surface area contributed by atoms with Gasteiger partial charge < -0.3 is 0 Å². The molecule has 0 heterocycles. The van der Waals surface area contributed by atoms with Crippen LogP contribution in [0.5, 0.6) is 0 Å². The number of benzene rings is 1. The van der Waals surface area contributed by atoms with Crippen LogP contribution in [0.25, 0.3) is 0 Å². The maximum atomic E-state index is 13.0. The van der Waals surface area contributed by atoms with Gasteiger partial charge in [0.25, 0.3) is 0 Å². The van der Waals surface area contributed by atoms with E-state index in [0.717, 1.165) is 15.5 Å². The molecule has 0 aliphatic heterocycles. The van der Waals surface area contributed by atoms with Gasteiger partial charge >= 0.3 is 0 Å². The normalized spacial score (nSPS) is 10.2. The van der Waals surface area contributed by atoms with E-state index in [0.29, 0.717) is 0 Å². The topological polar surface area (TPSA) is 0 Å². The number of hydrogen-bond acceptors (Lipinski definition) is 2. The van der Waals surface area contributed by atoms with E-state index in [1.807, 2.05) is 18.4 Å². The minimum absolute atomic E-state index is 0.122. The van der Waals surface area contributed by atoms with Gasteiger partial charge in [0.1, 0.15) is 5.82 Å². The molecule has 1 rings (SSSR count).